The van der Waals surface area contributed by atoms with Gasteiger partial charge < -0.3 is 10.2 Å². The van der Waals surface area contributed by atoms with Crippen LogP contribution in [0.4, 0.5) is 0 Å². The van der Waals surface area contributed by atoms with Gasteiger partial charge in [0.05, 0.1) is 13.0 Å². The highest BCUT2D eigenvalue weighted by Gasteiger charge is 2.11. The summed E-state index contributed by atoms with van der Waals surface area (Å²) in [6.07, 6.45) is 1.67. The number of nitrogens with zero attached hydrogens (tertiary/aromatic N) is 1. The smallest absolute Gasteiger partial charge is 0.317 e. The first-order chi connectivity index (χ1) is 9.51. The quantitative estimate of drug-likeness (QED) is 0.718. The van der Waals surface area contributed by atoms with Crippen LogP contribution in [0, 0.1) is 0 Å². The minimum absolute atomic E-state index is 0.0396. The van der Waals surface area contributed by atoms with Crippen LogP contribution in [-0.2, 0) is 22.4 Å². The van der Waals surface area contributed by atoms with Crippen LogP contribution in [0.25, 0.3) is 0 Å². The van der Waals surface area contributed by atoms with E-state index in [-0.39, 0.29) is 19.5 Å². The van der Waals surface area contributed by atoms with Gasteiger partial charge in [-0.3, -0.25) is 14.5 Å². The van der Waals surface area contributed by atoms with Crippen molar-refractivity contribution in [2.24, 2.45) is 0 Å². The van der Waals surface area contributed by atoms with Crippen LogP contribution in [0.2, 0.25) is 0 Å². The van der Waals surface area contributed by atoms with Gasteiger partial charge >= 0.3 is 11.9 Å². The van der Waals surface area contributed by atoms with E-state index >= 15 is 0 Å². The average molecular weight is 279 g/mol. The summed E-state index contributed by atoms with van der Waals surface area (Å²) >= 11 is 0. The van der Waals surface area contributed by atoms with Crippen LogP contribution >= 0.6 is 0 Å². The van der Waals surface area contributed by atoms with Crippen molar-refractivity contribution in [3.8, 4) is 0 Å². The Morgan fingerprint density at radius 1 is 1.00 bits per heavy atom. The Morgan fingerprint density at radius 3 is 2.10 bits per heavy atom. The SMILES string of the molecule is CCc1ccc(CCN(CCC(=O)O)CC(=O)O)cc1. The Hall–Kier alpha value is -1.88. The largest absolute Gasteiger partial charge is 0.481 e. The predicted molar refractivity (Wildman–Crippen MR) is 75.9 cm³/mol. The number of hydrogen-bond acceptors (Lipinski definition) is 3. The molecular formula is C15H21NO4. The minimum Gasteiger partial charge on any atom is -0.481 e. The summed E-state index contributed by atoms with van der Waals surface area (Å²) in [4.78, 5) is 23.0. The molecule has 2 N–H and O–H groups in total. The first-order valence-electron chi connectivity index (χ1n) is 6.75. The molecule has 0 fully saturated rings. The molecule has 0 aromatic heterocycles. The molecule has 0 aliphatic carbocycles. The first kappa shape index (κ1) is 16.2. The lowest BCUT2D eigenvalue weighted by molar-refractivity contribution is -0.141. The van der Waals surface area contributed by atoms with E-state index in [2.05, 4.69) is 19.1 Å². The van der Waals surface area contributed by atoms with Gasteiger partial charge in [-0.05, 0) is 24.0 Å². The molecular weight excluding hydrogens is 258 g/mol. The Morgan fingerprint density at radius 2 is 1.60 bits per heavy atom. The molecule has 5 nitrogen and oxygen atoms in total. The molecule has 0 unspecified atom stereocenters. The average Bonchev–Trinajstić information content (AvgIpc) is 2.42. The summed E-state index contributed by atoms with van der Waals surface area (Å²) in [7, 11) is 0. The van der Waals surface area contributed by atoms with E-state index < -0.39 is 11.9 Å². The maximum Gasteiger partial charge on any atom is 0.317 e. The number of aryl methyl sites for hydroxylation is 1. The predicted octanol–water partition coefficient (Wildman–Crippen LogP) is 1.65. The molecule has 0 atom stereocenters. The van der Waals surface area contributed by atoms with Crippen LogP contribution in [0.3, 0.4) is 0 Å². The third-order valence-electron chi connectivity index (χ3n) is 3.15. The summed E-state index contributed by atoms with van der Waals surface area (Å²) in [5.41, 5.74) is 2.40. The van der Waals surface area contributed by atoms with Crippen molar-refractivity contribution < 1.29 is 19.8 Å². The number of carboxylic acid groups (broad SMARTS) is 2. The maximum atomic E-state index is 10.8. The fourth-order valence-corrected chi connectivity index (χ4v) is 1.94. The molecule has 1 aromatic carbocycles. The fraction of sp³-hybridized carbons (Fsp3) is 0.467. The Bertz CT molecular complexity index is 442. The van der Waals surface area contributed by atoms with Gasteiger partial charge in [0, 0.05) is 13.1 Å². The van der Waals surface area contributed by atoms with Crippen LogP contribution in [-0.4, -0.2) is 46.7 Å². The molecule has 0 aliphatic rings. The van der Waals surface area contributed by atoms with E-state index in [0.29, 0.717) is 6.54 Å². The third kappa shape index (κ3) is 6.33. The van der Waals surface area contributed by atoms with Crippen LogP contribution in [0.5, 0.6) is 0 Å². The Kier molecular flexibility index (Phi) is 6.73. The van der Waals surface area contributed by atoms with Crippen molar-refractivity contribution in [1.29, 1.82) is 0 Å². The second kappa shape index (κ2) is 8.32. The topological polar surface area (TPSA) is 77.8 Å². The molecule has 20 heavy (non-hydrogen) atoms. The lowest BCUT2D eigenvalue weighted by atomic mass is 10.1. The van der Waals surface area contributed by atoms with E-state index in [4.69, 9.17) is 10.2 Å². The second-order valence-electron chi connectivity index (χ2n) is 4.73. The zero-order valence-corrected chi connectivity index (χ0v) is 11.7. The summed E-state index contributed by atoms with van der Waals surface area (Å²) in [6.45, 7) is 2.77. The maximum absolute atomic E-state index is 10.8. The first-order valence-corrected chi connectivity index (χ1v) is 6.75. The molecule has 1 aromatic rings. The number of rotatable bonds is 9. The van der Waals surface area contributed by atoms with E-state index in [1.165, 1.54) is 5.56 Å². The molecule has 0 aliphatic heterocycles. The monoisotopic (exact) mass is 279 g/mol. The third-order valence-corrected chi connectivity index (χ3v) is 3.15. The lowest BCUT2D eigenvalue weighted by Crippen LogP contribution is -2.33. The lowest BCUT2D eigenvalue weighted by Gasteiger charge is -2.19. The fourth-order valence-electron chi connectivity index (χ4n) is 1.94. The van der Waals surface area contributed by atoms with Crippen LogP contribution in [0.15, 0.2) is 24.3 Å². The van der Waals surface area contributed by atoms with Crippen molar-refractivity contribution in [3.05, 3.63) is 35.4 Å². The summed E-state index contributed by atoms with van der Waals surface area (Å²) in [5.74, 6) is -1.84. The number of hydrogen-bond donors (Lipinski definition) is 2. The zero-order chi connectivity index (χ0) is 15.0. The van der Waals surface area contributed by atoms with Gasteiger partial charge in [-0.2, -0.15) is 0 Å². The number of aliphatic carboxylic acids is 2. The van der Waals surface area contributed by atoms with Gasteiger partial charge in [-0.1, -0.05) is 31.2 Å². The van der Waals surface area contributed by atoms with Crippen LogP contribution in [0.1, 0.15) is 24.5 Å². The number of carbonyl (C=O) groups is 2. The molecule has 0 saturated heterocycles. The molecule has 5 heteroatoms. The van der Waals surface area contributed by atoms with Gasteiger partial charge in [0.1, 0.15) is 0 Å². The van der Waals surface area contributed by atoms with Gasteiger partial charge in [0.2, 0.25) is 0 Å². The van der Waals surface area contributed by atoms with Crippen molar-refractivity contribution in [1.82, 2.24) is 4.90 Å². The van der Waals surface area contributed by atoms with E-state index in [1.807, 2.05) is 12.1 Å². The van der Waals surface area contributed by atoms with Crippen molar-refractivity contribution in [2.45, 2.75) is 26.2 Å². The molecule has 110 valence electrons. The van der Waals surface area contributed by atoms with E-state index in [0.717, 1.165) is 18.4 Å². The molecule has 0 radical (unpaired) electrons. The Balaban J connectivity index is 2.50. The molecule has 0 bridgehead atoms. The van der Waals surface area contributed by atoms with Crippen molar-refractivity contribution in [2.75, 3.05) is 19.6 Å². The van der Waals surface area contributed by atoms with Gasteiger partial charge in [0.15, 0.2) is 0 Å². The normalized spacial score (nSPS) is 10.7. The molecule has 0 amide bonds. The molecule has 0 spiro atoms. The highest BCUT2D eigenvalue weighted by atomic mass is 16.4. The summed E-state index contributed by atoms with van der Waals surface area (Å²) in [6, 6.07) is 8.20. The highest BCUT2D eigenvalue weighted by molar-refractivity contribution is 5.69. The molecule has 1 rings (SSSR count). The molecule has 0 saturated carbocycles. The summed E-state index contributed by atoms with van der Waals surface area (Å²) < 4.78 is 0. The molecule has 0 heterocycles. The van der Waals surface area contributed by atoms with E-state index in [1.54, 1.807) is 4.90 Å². The highest BCUT2D eigenvalue weighted by Crippen LogP contribution is 2.07. The standard InChI is InChI=1S/C15H21NO4/c1-2-12-3-5-13(6-4-12)7-9-16(11-15(19)20)10-8-14(17)18/h3-6H,2,7-11H2,1H3,(H,17,18)(H,19,20). The van der Waals surface area contributed by atoms with Gasteiger partial charge in [-0.15, -0.1) is 0 Å². The second-order valence-corrected chi connectivity index (χ2v) is 4.73. The van der Waals surface area contributed by atoms with Gasteiger partial charge in [0.25, 0.3) is 0 Å². The van der Waals surface area contributed by atoms with Crippen molar-refractivity contribution >= 4 is 11.9 Å². The zero-order valence-electron chi connectivity index (χ0n) is 11.7. The summed E-state index contributed by atoms with van der Waals surface area (Å²) in [5, 5.41) is 17.5. The number of benzene rings is 1. The van der Waals surface area contributed by atoms with Crippen LogP contribution < -0.4 is 0 Å². The van der Waals surface area contributed by atoms with Crippen molar-refractivity contribution in [3.63, 3.8) is 0 Å². The van der Waals surface area contributed by atoms with E-state index in [9.17, 15) is 9.59 Å². The van der Waals surface area contributed by atoms with Gasteiger partial charge in [-0.25, -0.2) is 0 Å². The Labute approximate surface area is 118 Å². The minimum atomic E-state index is -0.934. The number of carboxylic acids is 2.